The van der Waals surface area contributed by atoms with Gasteiger partial charge in [0.1, 0.15) is 0 Å². The number of hydrogen-bond donors (Lipinski definition) is 0. The quantitative estimate of drug-likeness (QED) is 0.455. The maximum Gasteiger partial charge on any atom is 0.183 e. The van der Waals surface area contributed by atoms with Crippen molar-refractivity contribution in [1.82, 2.24) is 0 Å². The second-order valence-electron chi connectivity index (χ2n) is 7.52. The Morgan fingerprint density at radius 1 is 1.11 bits per heavy atom. The highest BCUT2D eigenvalue weighted by Crippen LogP contribution is 2.48. The van der Waals surface area contributed by atoms with E-state index >= 15 is 0 Å². The summed E-state index contributed by atoms with van der Waals surface area (Å²) in [5.74, 6) is 0.912. The predicted molar refractivity (Wildman–Crippen MR) is 114 cm³/mol. The van der Waals surface area contributed by atoms with Crippen LogP contribution in [0.5, 0.6) is 5.75 Å². The largest absolute Gasteiger partial charge is 0.295 e. The first-order valence-electron chi connectivity index (χ1n) is 9.34. The van der Waals surface area contributed by atoms with Crippen molar-refractivity contribution >= 4 is 11.9 Å². The van der Waals surface area contributed by atoms with Crippen LogP contribution in [0.4, 0.5) is 0 Å². The van der Waals surface area contributed by atoms with Gasteiger partial charge in [-0.3, -0.25) is 14.6 Å². The summed E-state index contributed by atoms with van der Waals surface area (Å²) < 4.78 is 0. The zero-order valence-electron chi connectivity index (χ0n) is 17.2. The smallest absolute Gasteiger partial charge is 0.183 e. The van der Waals surface area contributed by atoms with Gasteiger partial charge in [-0.1, -0.05) is 43.0 Å². The molecule has 1 unspecified atom stereocenters. The molecule has 0 aromatic heterocycles. The van der Waals surface area contributed by atoms with Crippen molar-refractivity contribution in [2.75, 3.05) is 0 Å². The third kappa shape index (κ3) is 3.40. The van der Waals surface area contributed by atoms with Crippen molar-refractivity contribution in [1.29, 1.82) is 0 Å². The number of rotatable bonds is 3. The summed E-state index contributed by atoms with van der Waals surface area (Å²) in [6.07, 6.45) is 5.64. The van der Waals surface area contributed by atoms with Gasteiger partial charge in [0.05, 0.1) is 0 Å². The predicted octanol–water partition coefficient (Wildman–Crippen LogP) is 6.38. The Hall–Kier alpha value is -3.07. The second kappa shape index (κ2) is 7.51. The van der Waals surface area contributed by atoms with Gasteiger partial charge in [0.2, 0.25) is 0 Å². The topological polar surface area (TPSA) is 35.5 Å². The van der Waals surface area contributed by atoms with Gasteiger partial charge in [-0.2, -0.15) is 0 Å². The molecule has 1 heterocycles. The fraction of sp³-hybridized carbons (Fsp3) is 0.240. The lowest BCUT2D eigenvalue weighted by molar-refractivity contribution is -0.161. The minimum absolute atomic E-state index is 0.0370. The van der Waals surface area contributed by atoms with Crippen molar-refractivity contribution in [3.05, 3.63) is 93.8 Å². The van der Waals surface area contributed by atoms with Gasteiger partial charge in [0.15, 0.2) is 17.3 Å². The minimum atomic E-state index is -0.292. The van der Waals surface area contributed by atoms with Crippen LogP contribution in [0.25, 0.3) is 6.08 Å². The Balaban J connectivity index is 2.42. The Bertz CT molecular complexity index is 1010. The molecule has 0 bridgehead atoms. The van der Waals surface area contributed by atoms with Crippen LogP contribution in [0.3, 0.4) is 0 Å². The van der Waals surface area contributed by atoms with Crippen LogP contribution in [0.15, 0.2) is 82.7 Å². The molecule has 2 aliphatic rings. The summed E-state index contributed by atoms with van der Waals surface area (Å²) in [7, 11) is 0. The summed E-state index contributed by atoms with van der Waals surface area (Å²) >= 11 is 0. The molecule has 0 amide bonds. The third-order valence-corrected chi connectivity index (χ3v) is 5.28. The first kappa shape index (κ1) is 19.7. The molecule has 1 aromatic carbocycles. The van der Waals surface area contributed by atoms with Crippen LogP contribution < -0.4 is 4.89 Å². The number of carbonyl (C=O) groups excluding carboxylic acids is 1. The van der Waals surface area contributed by atoms with Crippen LogP contribution >= 0.6 is 0 Å². The number of hydrogen-bond acceptors (Lipinski definition) is 3. The maximum atomic E-state index is 12.7. The van der Waals surface area contributed by atoms with Crippen LogP contribution in [0, 0.1) is 0 Å². The first-order valence-corrected chi connectivity index (χ1v) is 9.34. The summed E-state index contributed by atoms with van der Waals surface area (Å²) in [5, 5.41) is 0. The van der Waals surface area contributed by atoms with Gasteiger partial charge in [-0.25, -0.2) is 0 Å². The van der Waals surface area contributed by atoms with E-state index in [0.29, 0.717) is 11.5 Å². The lowest BCUT2D eigenvalue weighted by Crippen LogP contribution is -2.15. The monoisotopic (exact) mass is 374 g/mol. The fourth-order valence-electron chi connectivity index (χ4n) is 3.88. The molecule has 28 heavy (non-hydrogen) atoms. The number of Topliss-reactive ketones (excluding diaryl/α,β-unsaturated/α-hetero) is 1. The molecule has 1 atom stereocenters. The molecule has 0 saturated carbocycles. The van der Waals surface area contributed by atoms with E-state index in [9.17, 15) is 4.79 Å². The van der Waals surface area contributed by atoms with Gasteiger partial charge in [0.25, 0.3) is 0 Å². The number of allylic oxidation sites excluding steroid dienone is 8. The highest BCUT2D eigenvalue weighted by Gasteiger charge is 2.36. The van der Waals surface area contributed by atoms with Crippen molar-refractivity contribution in [3.8, 4) is 5.75 Å². The van der Waals surface area contributed by atoms with E-state index < -0.39 is 0 Å². The van der Waals surface area contributed by atoms with Gasteiger partial charge in [-0.05, 0) is 69.0 Å². The molecule has 1 aliphatic heterocycles. The molecule has 144 valence electrons. The van der Waals surface area contributed by atoms with Crippen LogP contribution in [-0.4, -0.2) is 5.78 Å². The van der Waals surface area contributed by atoms with E-state index in [0.717, 1.165) is 44.6 Å². The van der Waals surface area contributed by atoms with E-state index in [1.54, 1.807) is 13.0 Å². The van der Waals surface area contributed by atoms with E-state index in [4.69, 9.17) is 9.78 Å². The molecule has 0 saturated heterocycles. The summed E-state index contributed by atoms with van der Waals surface area (Å²) in [6, 6.07) is 5.86. The standard InChI is InChI=1S/C25H26O3/c1-8-19-9-10-20-21(13-19)27-28-22-12-15(4)11-16(5)17(6)24(22)25(20)23(14(2)3)18(7)26/h8-13,25H,1,4H2,2-3,5-7H3. The average Bonchev–Trinajstić information content (AvgIpc) is 2.83. The number of fused-ring (bicyclic) bond motifs is 2. The molecule has 1 aliphatic carbocycles. The fourth-order valence-corrected chi connectivity index (χ4v) is 3.88. The maximum absolute atomic E-state index is 12.7. The zero-order chi connectivity index (χ0) is 20.6. The zero-order valence-corrected chi connectivity index (χ0v) is 17.2. The molecule has 0 spiro atoms. The molecule has 3 rings (SSSR count). The van der Waals surface area contributed by atoms with E-state index in [1.165, 1.54) is 0 Å². The van der Waals surface area contributed by atoms with E-state index in [2.05, 4.69) is 20.1 Å². The minimum Gasteiger partial charge on any atom is -0.295 e. The SMILES string of the molecule is C=Cc1ccc2c(c1)OOC1=CC(=C)C=C(C)C(C)=C1C2C(C(C)=O)=C(C)C. The number of benzene rings is 1. The average molecular weight is 374 g/mol. The molecule has 0 radical (unpaired) electrons. The third-order valence-electron chi connectivity index (χ3n) is 5.28. The Morgan fingerprint density at radius 2 is 1.82 bits per heavy atom. The normalized spacial score (nSPS) is 18.3. The van der Waals surface area contributed by atoms with E-state index in [1.807, 2.05) is 51.1 Å². The molecular weight excluding hydrogens is 348 g/mol. The van der Waals surface area contributed by atoms with Crippen LogP contribution in [0.1, 0.15) is 51.7 Å². The van der Waals surface area contributed by atoms with Gasteiger partial charge in [-0.15, -0.1) is 0 Å². The van der Waals surface area contributed by atoms with Crippen LogP contribution in [0.2, 0.25) is 0 Å². The molecular formula is C25H26O3. The first-order chi connectivity index (χ1) is 13.2. The Morgan fingerprint density at radius 3 is 2.43 bits per heavy atom. The summed E-state index contributed by atoms with van der Waals surface area (Å²) in [5.41, 5.74) is 7.44. The van der Waals surface area contributed by atoms with Crippen molar-refractivity contribution < 1.29 is 14.6 Å². The van der Waals surface area contributed by atoms with Gasteiger partial charge in [0, 0.05) is 22.6 Å². The highest BCUT2D eigenvalue weighted by molar-refractivity contribution is 5.97. The van der Waals surface area contributed by atoms with E-state index in [-0.39, 0.29) is 11.7 Å². The lowest BCUT2D eigenvalue weighted by atomic mass is 9.77. The summed E-state index contributed by atoms with van der Waals surface area (Å²) in [6.45, 7) is 17.6. The molecule has 3 nitrogen and oxygen atoms in total. The van der Waals surface area contributed by atoms with Crippen LogP contribution in [-0.2, 0) is 9.68 Å². The molecule has 0 fully saturated rings. The van der Waals surface area contributed by atoms with Gasteiger partial charge >= 0.3 is 0 Å². The molecule has 3 heteroatoms. The highest BCUT2D eigenvalue weighted by atomic mass is 17.2. The molecule has 0 N–H and O–H groups in total. The van der Waals surface area contributed by atoms with Crippen molar-refractivity contribution in [2.24, 2.45) is 0 Å². The second-order valence-corrected chi connectivity index (χ2v) is 7.52. The molecule has 1 aromatic rings. The number of ketones is 1. The lowest BCUT2D eigenvalue weighted by Gasteiger charge is -2.24. The van der Waals surface area contributed by atoms with Crippen molar-refractivity contribution in [2.45, 2.75) is 40.5 Å². The van der Waals surface area contributed by atoms with Crippen molar-refractivity contribution in [3.63, 3.8) is 0 Å². The van der Waals surface area contributed by atoms with Gasteiger partial charge < -0.3 is 0 Å². The summed E-state index contributed by atoms with van der Waals surface area (Å²) in [4.78, 5) is 24.2. The Kier molecular flexibility index (Phi) is 5.28. The Labute approximate surface area is 167 Å². The number of carbonyl (C=O) groups is 1.